The van der Waals surface area contributed by atoms with E-state index in [9.17, 15) is 9.59 Å². The van der Waals surface area contributed by atoms with Gasteiger partial charge in [-0.3, -0.25) is 9.59 Å². The molecular weight excluding hydrogens is 700 g/mol. The molecule has 0 N–H and O–H groups in total. The van der Waals surface area contributed by atoms with Crippen LogP contribution in [0.2, 0.25) is 0 Å². The second kappa shape index (κ2) is 15.1. The van der Waals surface area contributed by atoms with E-state index in [2.05, 4.69) is 0 Å². The van der Waals surface area contributed by atoms with Crippen LogP contribution in [0.5, 0.6) is 23.0 Å². The van der Waals surface area contributed by atoms with Crippen molar-refractivity contribution in [2.45, 2.75) is 31.3 Å². The molecule has 280 valence electrons. The van der Waals surface area contributed by atoms with Crippen molar-refractivity contribution in [2.24, 2.45) is 9.98 Å². The molecule has 12 heteroatoms. The summed E-state index contributed by atoms with van der Waals surface area (Å²) >= 11 is 0. The van der Waals surface area contributed by atoms with Gasteiger partial charge in [0.05, 0.1) is 64.2 Å². The smallest absolute Gasteiger partial charge is 0.260 e. The molecule has 4 aliphatic heterocycles. The molecule has 4 heterocycles. The van der Waals surface area contributed by atoms with Gasteiger partial charge in [-0.25, -0.2) is 9.98 Å². The van der Waals surface area contributed by atoms with Gasteiger partial charge in [0, 0.05) is 31.7 Å². The highest BCUT2D eigenvalue weighted by Gasteiger charge is 2.40. The van der Waals surface area contributed by atoms with Crippen LogP contribution >= 0.6 is 0 Å². The molecule has 0 spiro atoms. The van der Waals surface area contributed by atoms with Crippen molar-refractivity contribution in [1.82, 2.24) is 9.80 Å². The standard InChI is InChI=1S/C43H40N4O8/c1-50-30-10-6-26(7-11-30)28-20-38-40(44-36-16-14-32(52-3)22-34(36)42(48)46(38)24-28)54-18-5-19-55-41-39-21-29(27-8-12-31(51-2)13-9-27)25-47(39)43(49)35-23-33(53-4)15-17-37(35)45-41/h6-17,22-25,38-39H,5,18-21H2,1-4H3/t38-,39-/m0/s1. The van der Waals surface area contributed by atoms with E-state index < -0.39 is 12.1 Å². The summed E-state index contributed by atoms with van der Waals surface area (Å²) in [6, 6.07) is 25.2. The van der Waals surface area contributed by atoms with Crippen molar-refractivity contribution in [2.75, 3.05) is 41.7 Å². The fraction of sp³-hybridized carbons (Fsp3) is 0.256. The van der Waals surface area contributed by atoms with Crippen molar-refractivity contribution < 1.29 is 38.0 Å². The van der Waals surface area contributed by atoms with E-state index >= 15 is 0 Å². The highest BCUT2D eigenvalue weighted by atomic mass is 16.5. The van der Waals surface area contributed by atoms with Gasteiger partial charge in [0.2, 0.25) is 11.8 Å². The van der Waals surface area contributed by atoms with Crippen LogP contribution in [0.15, 0.2) is 107 Å². The zero-order valence-electron chi connectivity index (χ0n) is 31.0. The SMILES string of the molecule is COc1ccc(C2=CN3C(=O)c4cc(OC)ccc4N=C(OCCCOC4=Nc5ccc(OC)cc5C(=O)N5C=C(c6ccc(OC)cc6)C[C@@H]45)[C@@H]3C2)cc1. The second-order valence-corrected chi connectivity index (χ2v) is 13.3. The first-order valence-electron chi connectivity index (χ1n) is 18.0. The second-order valence-electron chi connectivity index (χ2n) is 13.3. The molecule has 4 aromatic rings. The van der Waals surface area contributed by atoms with Gasteiger partial charge in [-0.1, -0.05) is 24.3 Å². The Morgan fingerprint density at radius 2 is 0.927 bits per heavy atom. The molecule has 0 fully saturated rings. The van der Waals surface area contributed by atoms with Gasteiger partial charge >= 0.3 is 0 Å². The van der Waals surface area contributed by atoms with E-state index in [0.717, 1.165) is 33.8 Å². The predicted octanol–water partition coefficient (Wildman–Crippen LogP) is 7.44. The minimum Gasteiger partial charge on any atom is -0.497 e. The number of rotatable bonds is 10. The number of hydrogen-bond acceptors (Lipinski definition) is 10. The number of amides is 2. The van der Waals surface area contributed by atoms with E-state index in [1.807, 2.05) is 60.9 Å². The molecule has 12 nitrogen and oxygen atoms in total. The van der Waals surface area contributed by atoms with Crippen LogP contribution in [0.1, 0.15) is 51.1 Å². The van der Waals surface area contributed by atoms with Gasteiger partial charge in [-0.2, -0.15) is 0 Å². The number of fused-ring (bicyclic) bond motifs is 4. The summed E-state index contributed by atoms with van der Waals surface area (Å²) in [6.07, 6.45) is 5.29. The summed E-state index contributed by atoms with van der Waals surface area (Å²) in [6.45, 7) is 0.537. The first-order valence-corrected chi connectivity index (χ1v) is 18.0. The average molecular weight is 741 g/mol. The summed E-state index contributed by atoms with van der Waals surface area (Å²) in [5.41, 5.74) is 5.81. The Hall–Kier alpha value is -6.56. The van der Waals surface area contributed by atoms with Crippen LogP contribution in [0.25, 0.3) is 11.1 Å². The third-order valence-electron chi connectivity index (χ3n) is 10.2. The molecule has 2 amide bonds. The molecule has 2 atom stereocenters. The van der Waals surface area contributed by atoms with Crippen molar-refractivity contribution in [3.63, 3.8) is 0 Å². The minimum atomic E-state index is -0.441. The van der Waals surface area contributed by atoms with Crippen LogP contribution in [-0.4, -0.2) is 87.1 Å². The van der Waals surface area contributed by atoms with Gasteiger partial charge in [0.1, 0.15) is 35.1 Å². The Morgan fingerprint density at radius 3 is 1.31 bits per heavy atom. The summed E-state index contributed by atoms with van der Waals surface area (Å²) in [5.74, 6) is 3.14. The summed E-state index contributed by atoms with van der Waals surface area (Å²) in [7, 11) is 6.40. The normalized spacial score (nSPS) is 18.3. The largest absolute Gasteiger partial charge is 0.497 e. The molecule has 0 bridgehead atoms. The first-order chi connectivity index (χ1) is 26.9. The van der Waals surface area contributed by atoms with Crippen molar-refractivity contribution >= 4 is 46.1 Å². The number of carbonyl (C=O) groups is 2. The summed E-state index contributed by atoms with van der Waals surface area (Å²) in [5, 5.41) is 0. The predicted molar refractivity (Wildman–Crippen MR) is 208 cm³/mol. The quantitative estimate of drug-likeness (QED) is 0.154. The van der Waals surface area contributed by atoms with Gasteiger partial charge in [-0.05, 0) is 82.9 Å². The monoisotopic (exact) mass is 740 g/mol. The number of aliphatic imine (C=N–C) groups is 2. The van der Waals surface area contributed by atoms with Crippen molar-refractivity contribution in [1.29, 1.82) is 0 Å². The third-order valence-corrected chi connectivity index (χ3v) is 10.2. The van der Waals surface area contributed by atoms with Crippen LogP contribution in [-0.2, 0) is 9.47 Å². The minimum absolute atomic E-state index is 0.185. The van der Waals surface area contributed by atoms with Gasteiger partial charge in [0.25, 0.3) is 11.8 Å². The van der Waals surface area contributed by atoms with E-state index in [1.54, 1.807) is 74.6 Å². The number of methoxy groups -OCH3 is 4. The van der Waals surface area contributed by atoms with E-state index in [0.29, 0.717) is 65.1 Å². The Bertz CT molecular complexity index is 2100. The Balaban J connectivity index is 1.00. The molecule has 0 aromatic heterocycles. The van der Waals surface area contributed by atoms with Crippen LogP contribution in [0, 0.1) is 0 Å². The molecule has 0 radical (unpaired) electrons. The summed E-state index contributed by atoms with van der Waals surface area (Å²) < 4.78 is 34.4. The maximum atomic E-state index is 14.0. The van der Waals surface area contributed by atoms with E-state index in [-0.39, 0.29) is 25.0 Å². The van der Waals surface area contributed by atoms with Crippen LogP contribution in [0.4, 0.5) is 11.4 Å². The highest BCUT2D eigenvalue weighted by Crippen LogP contribution is 2.40. The maximum absolute atomic E-state index is 14.0. The fourth-order valence-electron chi connectivity index (χ4n) is 7.20. The van der Waals surface area contributed by atoms with Crippen molar-refractivity contribution in [3.8, 4) is 23.0 Å². The first kappa shape index (κ1) is 35.5. The molecule has 0 aliphatic carbocycles. The molecule has 4 aromatic carbocycles. The Labute approximate surface area is 318 Å². The van der Waals surface area contributed by atoms with Gasteiger partial charge in [0.15, 0.2) is 0 Å². The number of hydrogen-bond donors (Lipinski definition) is 0. The number of benzene rings is 4. The van der Waals surface area contributed by atoms with Gasteiger partial charge < -0.3 is 38.2 Å². The lowest BCUT2D eigenvalue weighted by molar-refractivity contribution is 0.0800. The van der Waals surface area contributed by atoms with Gasteiger partial charge in [-0.15, -0.1) is 0 Å². The maximum Gasteiger partial charge on any atom is 0.260 e. The fourth-order valence-corrected chi connectivity index (χ4v) is 7.20. The van der Waals surface area contributed by atoms with Crippen LogP contribution < -0.4 is 18.9 Å². The molecule has 0 saturated carbocycles. The lowest BCUT2D eigenvalue weighted by Crippen LogP contribution is -2.39. The van der Waals surface area contributed by atoms with E-state index in [1.165, 1.54) is 0 Å². The zero-order chi connectivity index (χ0) is 38.1. The molecule has 55 heavy (non-hydrogen) atoms. The van der Waals surface area contributed by atoms with Crippen LogP contribution in [0.3, 0.4) is 0 Å². The molecular formula is C43H40N4O8. The highest BCUT2D eigenvalue weighted by molar-refractivity contribution is 6.08. The Kier molecular flexibility index (Phi) is 9.71. The zero-order valence-corrected chi connectivity index (χ0v) is 31.0. The van der Waals surface area contributed by atoms with E-state index in [4.69, 9.17) is 38.4 Å². The number of ether oxygens (including phenoxy) is 6. The Morgan fingerprint density at radius 1 is 0.545 bits per heavy atom. The lowest BCUT2D eigenvalue weighted by Gasteiger charge is -2.24. The average Bonchev–Trinajstić information content (AvgIpc) is 3.84. The molecule has 0 unspecified atom stereocenters. The number of carbonyl (C=O) groups excluding carboxylic acids is 2. The molecule has 4 aliphatic rings. The summed E-state index contributed by atoms with van der Waals surface area (Å²) in [4.78, 5) is 41.1. The topological polar surface area (TPSA) is 121 Å². The van der Waals surface area contributed by atoms with Crippen molar-refractivity contribution in [3.05, 3.63) is 120 Å². The lowest BCUT2D eigenvalue weighted by atomic mass is 10.0. The number of nitrogens with zero attached hydrogens (tertiary/aromatic N) is 4. The molecule has 0 saturated heterocycles. The molecule has 8 rings (SSSR count). The third kappa shape index (κ3) is 6.87.